The summed E-state index contributed by atoms with van der Waals surface area (Å²) >= 11 is 0. The first-order chi connectivity index (χ1) is 17.9. The molecule has 0 aromatic heterocycles. The largest absolute Gasteiger partial charge is 0.379 e. The molecule has 0 bridgehead atoms. The van der Waals surface area contributed by atoms with Crippen LogP contribution >= 0.6 is 0 Å². The number of carbonyl (C=O) groups is 3. The van der Waals surface area contributed by atoms with E-state index in [1.165, 1.54) is 6.92 Å². The fraction of sp³-hybridized carbons (Fsp3) is 0.885. The Morgan fingerprint density at radius 3 is 1.41 bits per heavy atom. The Bertz CT molecular complexity index is 562. The molecule has 11 nitrogen and oxygen atoms in total. The Labute approximate surface area is 222 Å². The number of amides is 2. The van der Waals surface area contributed by atoms with E-state index < -0.39 is 0 Å². The molecule has 0 spiro atoms. The zero-order valence-electron chi connectivity index (χ0n) is 23.2. The lowest BCUT2D eigenvalue weighted by Crippen LogP contribution is -2.27. The van der Waals surface area contributed by atoms with Crippen molar-refractivity contribution in [1.29, 1.82) is 0 Å². The maximum Gasteiger partial charge on any atom is 0.222 e. The smallest absolute Gasteiger partial charge is 0.222 e. The van der Waals surface area contributed by atoms with Crippen LogP contribution in [0.3, 0.4) is 0 Å². The molecule has 0 aliphatic carbocycles. The van der Waals surface area contributed by atoms with Gasteiger partial charge in [0.1, 0.15) is 5.78 Å². The number of ketones is 1. The van der Waals surface area contributed by atoms with Gasteiger partial charge in [0, 0.05) is 32.4 Å². The first-order valence-electron chi connectivity index (χ1n) is 13.4. The van der Waals surface area contributed by atoms with Crippen LogP contribution in [0.15, 0.2) is 0 Å². The maximum atomic E-state index is 11.6. The van der Waals surface area contributed by atoms with Crippen molar-refractivity contribution in [3.8, 4) is 0 Å². The first kappa shape index (κ1) is 35.4. The van der Waals surface area contributed by atoms with Gasteiger partial charge >= 0.3 is 0 Å². The number of hydrogen-bond acceptors (Lipinski definition) is 9. The molecule has 0 fully saturated rings. The number of nitrogens with one attached hydrogen (secondary N) is 2. The molecule has 2 amide bonds. The van der Waals surface area contributed by atoms with Gasteiger partial charge in [0.15, 0.2) is 0 Å². The molecule has 0 saturated heterocycles. The van der Waals surface area contributed by atoms with Gasteiger partial charge in [-0.15, -0.1) is 0 Å². The zero-order chi connectivity index (χ0) is 27.4. The topological polar surface area (TPSA) is 131 Å². The van der Waals surface area contributed by atoms with Crippen molar-refractivity contribution in [2.75, 3.05) is 92.4 Å². The second kappa shape index (κ2) is 27.4. The van der Waals surface area contributed by atoms with Gasteiger partial charge in [-0.1, -0.05) is 13.8 Å². The Hall–Kier alpha value is -1.63. The summed E-state index contributed by atoms with van der Waals surface area (Å²) in [6, 6.07) is 0. The highest BCUT2D eigenvalue weighted by Gasteiger charge is 2.03. The van der Waals surface area contributed by atoms with Crippen molar-refractivity contribution < 1.29 is 42.8 Å². The highest BCUT2D eigenvalue weighted by atomic mass is 16.6. The van der Waals surface area contributed by atoms with Crippen LogP contribution in [0.4, 0.5) is 0 Å². The van der Waals surface area contributed by atoms with E-state index in [1.54, 1.807) is 0 Å². The van der Waals surface area contributed by atoms with Crippen LogP contribution in [0, 0.1) is 5.92 Å². The fourth-order valence-electron chi connectivity index (χ4n) is 2.80. The first-order valence-corrected chi connectivity index (χ1v) is 13.4. The van der Waals surface area contributed by atoms with Gasteiger partial charge in [0.05, 0.1) is 79.3 Å². The zero-order valence-corrected chi connectivity index (χ0v) is 23.2. The molecule has 218 valence electrons. The molecule has 0 aliphatic rings. The molecular formula is C26H50N2O9. The number of Topliss-reactive ketones (excluding diaryl/α,β-unsaturated/α-hetero) is 1. The third-order valence-electron chi connectivity index (χ3n) is 4.88. The minimum atomic E-state index is -0.0639. The van der Waals surface area contributed by atoms with E-state index in [-0.39, 0.29) is 17.6 Å². The monoisotopic (exact) mass is 534 g/mol. The average Bonchev–Trinajstić information content (AvgIpc) is 2.84. The van der Waals surface area contributed by atoms with Gasteiger partial charge in [-0.2, -0.15) is 0 Å². The van der Waals surface area contributed by atoms with Crippen LogP contribution in [-0.4, -0.2) is 110 Å². The molecule has 0 aliphatic heterocycles. The molecule has 0 rings (SSSR count). The lowest BCUT2D eigenvalue weighted by molar-refractivity contribution is -0.123. The molecule has 0 radical (unpaired) electrons. The lowest BCUT2D eigenvalue weighted by atomic mass is 10.1. The summed E-state index contributed by atoms with van der Waals surface area (Å²) in [4.78, 5) is 33.9. The Balaban J connectivity index is 3.16. The molecule has 2 N–H and O–H groups in total. The molecule has 0 saturated carbocycles. The number of carbonyl (C=O) groups excluding carboxylic acids is 3. The van der Waals surface area contributed by atoms with Gasteiger partial charge in [-0.3, -0.25) is 9.59 Å². The summed E-state index contributed by atoms with van der Waals surface area (Å²) in [5.41, 5.74) is 0. The molecule has 0 aromatic rings. The van der Waals surface area contributed by atoms with E-state index in [0.717, 1.165) is 6.42 Å². The van der Waals surface area contributed by atoms with Crippen molar-refractivity contribution in [3.05, 3.63) is 0 Å². The number of hydrogen-bond donors (Lipinski definition) is 2. The Kier molecular flexibility index (Phi) is 26.2. The Morgan fingerprint density at radius 1 is 0.541 bits per heavy atom. The minimum Gasteiger partial charge on any atom is -0.379 e. The molecule has 37 heavy (non-hydrogen) atoms. The van der Waals surface area contributed by atoms with E-state index in [4.69, 9.17) is 28.4 Å². The van der Waals surface area contributed by atoms with E-state index in [2.05, 4.69) is 24.5 Å². The second-order valence-electron chi connectivity index (χ2n) is 8.86. The maximum absolute atomic E-state index is 11.6. The second-order valence-corrected chi connectivity index (χ2v) is 8.86. The summed E-state index contributed by atoms with van der Waals surface area (Å²) < 4.78 is 32.5. The SMILES string of the molecule is CC(=O)CCCC(=O)NCCOCCOCCOCCOCCOCCOCCC(=O)NCCC(C)C. The third kappa shape index (κ3) is 30.5. The highest BCUT2D eigenvalue weighted by Crippen LogP contribution is 1.97. The molecule has 0 unspecified atom stereocenters. The number of rotatable bonds is 28. The van der Waals surface area contributed by atoms with Gasteiger partial charge < -0.3 is 43.8 Å². The fourth-order valence-corrected chi connectivity index (χ4v) is 2.80. The minimum absolute atomic E-state index is 0.0201. The van der Waals surface area contributed by atoms with Crippen LogP contribution in [0.25, 0.3) is 0 Å². The van der Waals surface area contributed by atoms with Crippen molar-refractivity contribution in [1.82, 2.24) is 10.6 Å². The van der Waals surface area contributed by atoms with Crippen LogP contribution in [-0.2, 0) is 42.8 Å². The summed E-state index contributed by atoms with van der Waals surface area (Å²) in [6.45, 7) is 12.4. The molecule has 0 heterocycles. The van der Waals surface area contributed by atoms with Gasteiger partial charge in [0.2, 0.25) is 11.8 Å². The Morgan fingerprint density at radius 2 is 0.946 bits per heavy atom. The van der Waals surface area contributed by atoms with Crippen LogP contribution in [0.5, 0.6) is 0 Å². The summed E-state index contributed by atoms with van der Waals surface area (Å²) in [7, 11) is 0. The van der Waals surface area contributed by atoms with E-state index in [1.807, 2.05) is 0 Å². The van der Waals surface area contributed by atoms with Crippen LogP contribution in [0.1, 0.15) is 52.9 Å². The molecule has 0 atom stereocenters. The summed E-state index contributed by atoms with van der Waals surface area (Å²) in [6.07, 6.45) is 2.73. The van der Waals surface area contributed by atoms with E-state index >= 15 is 0 Å². The van der Waals surface area contributed by atoms with Gasteiger partial charge in [-0.05, 0) is 25.7 Å². The molecular weight excluding hydrogens is 484 g/mol. The van der Waals surface area contributed by atoms with Crippen molar-refractivity contribution in [2.45, 2.75) is 52.9 Å². The normalized spacial score (nSPS) is 11.1. The average molecular weight is 535 g/mol. The van der Waals surface area contributed by atoms with Crippen molar-refractivity contribution in [2.24, 2.45) is 5.92 Å². The highest BCUT2D eigenvalue weighted by molar-refractivity contribution is 5.78. The van der Waals surface area contributed by atoms with Gasteiger partial charge in [-0.25, -0.2) is 0 Å². The molecule has 0 aromatic carbocycles. The predicted octanol–water partition coefficient (Wildman–Crippen LogP) is 1.51. The number of ether oxygens (including phenoxy) is 6. The molecule has 11 heteroatoms. The van der Waals surface area contributed by atoms with Crippen LogP contribution < -0.4 is 10.6 Å². The van der Waals surface area contributed by atoms with Crippen molar-refractivity contribution >= 4 is 17.6 Å². The summed E-state index contributed by atoms with van der Waals surface area (Å²) in [5, 5.41) is 5.63. The quantitative estimate of drug-likeness (QED) is 0.143. The summed E-state index contributed by atoms with van der Waals surface area (Å²) in [5.74, 6) is 0.638. The van der Waals surface area contributed by atoms with E-state index in [0.29, 0.717) is 124 Å². The van der Waals surface area contributed by atoms with Crippen molar-refractivity contribution in [3.63, 3.8) is 0 Å². The van der Waals surface area contributed by atoms with Gasteiger partial charge in [0.25, 0.3) is 0 Å². The van der Waals surface area contributed by atoms with Crippen LogP contribution in [0.2, 0.25) is 0 Å². The predicted molar refractivity (Wildman–Crippen MR) is 140 cm³/mol. The lowest BCUT2D eigenvalue weighted by Gasteiger charge is -2.09. The standard InChI is InChI=1S/C26H50N2O9/c1-23(2)7-9-27-26(31)8-11-32-13-15-34-17-19-36-21-22-37-20-18-35-16-14-33-12-10-28-25(30)6-4-5-24(3)29/h23H,4-22H2,1-3H3,(H,27,31)(H,28,30). The van der Waals surface area contributed by atoms with E-state index in [9.17, 15) is 14.4 Å². The third-order valence-corrected chi connectivity index (χ3v) is 4.88.